The van der Waals surface area contributed by atoms with Gasteiger partial charge in [-0.1, -0.05) is 66.7 Å². The van der Waals surface area contributed by atoms with Crippen molar-refractivity contribution in [1.29, 1.82) is 0 Å². The maximum absolute atomic E-state index is 13.5. The first-order valence-corrected chi connectivity index (χ1v) is 14.2. The van der Waals surface area contributed by atoms with Crippen LogP contribution in [-0.2, 0) is 43.4 Å². The SMILES string of the molecule is O=C1CCCCC=CCC(CC(=O)N2Cc3ccccc3CC2CO)C(=O)NC(COCc2ccccc2)CO1. The second kappa shape index (κ2) is 15.3. The first-order chi connectivity index (χ1) is 19.5. The lowest BCUT2D eigenvalue weighted by Crippen LogP contribution is -2.49. The summed E-state index contributed by atoms with van der Waals surface area (Å²) in [5, 5.41) is 13.0. The molecule has 3 atom stereocenters. The number of aliphatic hydroxyl groups excluding tert-OH is 1. The van der Waals surface area contributed by atoms with Gasteiger partial charge in [-0.15, -0.1) is 0 Å². The molecule has 2 aromatic carbocycles. The van der Waals surface area contributed by atoms with Crippen molar-refractivity contribution in [2.24, 2.45) is 5.92 Å². The number of rotatable bonds is 7. The molecule has 2 aromatic rings. The fourth-order valence-electron chi connectivity index (χ4n) is 5.17. The summed E-state index contributed by atoms with van der Waals surface area (Å²) in [7, 11) is 0. The number of fused-ring (bicyclic) bond motifs is 1. The Hall–Kier alpha value is -3.49. The van der Waals surface area contributed by atoms with Crippen LogP contribution in [-0.4, -0.2) is 59.7 Å². The summed E-state index contributed by atoms with van der Waals surface area (Å²) < 4.78 is 11.3. The molecule has 2 aliphatic heterocycles. The minimum absolute atomic E-state index is 0.00532. The second-order valence-corrected chi connectivity index (χ2v) is 10.6. The van der Waals surface area contributed by atoms with Crippen molar-refractivity contribution in [2.75, 3.05) is 19.8 Å². The summed E-state index contributed by atoms with van der Waals surface area (Å²) in [5.41, 5.74) is 3.20. The predicted molar refractivity (Wildman–Crippen MR) is 151 cm³/mol. The van der Waals surface area contributed by atoms with Crippen molar-refractivity contribution in [3.63, 3.8) is 0 Å². The molecule has 214 valence electrons. The monoisotopic (exact) mass is 548 g/mol. The molecule has 0 radical (unpaired) electrons. The van der Waals surface area contributed by atoms with E-state index in [-0.39, 0.29) is 50.1 Å². The molecule has 3 unspecified atom stereocenters. The van der Waals surface area contributed by atoms with Crippen LogP contribution >= 0.6 is 0 Å². The summed E-state index contributed by atoms with van der Waals surface area (Å²) >= 11 is 0. The van der Waals surface area contributed by atoms with E-state index in [2.05, 4.69) is 5.32 Å². The van der Waals surface area contributed by atoms with E-state index in [1.54, 1.807) is 4.90 Å². The lowest BCUT2D eigenvalue weighted by molar-refractivity contribution is -0.146. The van der Waals surface area contributed by atoms with Crippen LogP contribution in [0.3, 0.4) is 0 Å². The number of esters is 1. The van der Waals surface area contributed by atoms with E-state index >= 15 is 0 Å². The topological polar surface area (TPSA) is 105 Å². The molecular formula is C32H40N2O6. The van der Waals surface area contributed by atoms with Gasteiger partial charge in [-0.25, -0.2) is 0 Å². The largest absolute Gasteiger partial charge is 0.463 e. The lowest BCUT2D eigenvalue weighted by atomic mass is 9.92. The van der Waals surface area contributed by atoms with E-state index in [0.717, 1.165) is 36.0 Å². The molecule has 8 heteroatoms. The first-order valence-electron chi connectivity index (χ1n) is 14.2. The standard InChI is InChI=1S/C32H40N2O6/c35-20-29-17-25-13-9-10-15-27(25)19-34(29)30(36)18-26-14-7-2-1-3-8-16-31(37)40-23-28(33-32(26)38)22-39-21-24-11-5-4-6-12-24/h2,4-7,9-13,15,26,28-29,35H,1,3,8,14,16-23H2,(H,33,38). The molecule has 2 heterocycles. The van der Waals surface area contributed by atoms with Crippen LogP contribution in [0.15, 0.2) is 66.7 Å². The zero-order valence-corrected chi connectivity index (χ0v) is 23.0. The normalized spacial score (nSPS) is 22.5. The maximum Gasteiger partial charge on any atom is 0.305 e. The molecule has 0 bridgehead atoms. The number of carbonyl (C=O) groups is 3. The van der Waals surface area contributed by atoms with Gasteiger partial charge < -0.3 is 24.8 Å². The van der Waals surface area contributed by atoms with Crippen LogP contribution in [0.5, 0.6) is 0 Å². The van der Waals surface area contributed by atoms with E-state index in [0.29, 0.717) is 32.4 Å². The van der Waals surface area contributed by atoms with Gasteiger partial charge in [0.25, 0.3) is 0 Å². The van der Waals surface area contributed by atoms with Crippen molar-refractivity contribution in [3.8, 4) is 0 Å². The number of amides is 2. The van der Waals surface area contributed by atoms with Crippen LogP contribution in [0.2, 0.25) is 0 Å². The molecule has 2 N–H and O–H groups in total. The van der Waals surface area contributed by atoms with Crippen LogP contribution in [0.25, 0.3) is 0 Å². The summed E-state index contributed by atoms with van der Waals surface area (Å²) in [6.07, 6.45) is 7.69. The molecule has 2 aliphatic rings. The molecule has 0 saturated heterocycles. The predicted octanol–water partition coefficient (Wildman–Crippen LogP) is 3.70. The van der Waals surface area contributed by atoms with Crippen LogP contribution in [0, 0.1) is 5.92 Å². The maximum atomic E-state index is 13.5. The average molecular weight is 549 g/mol. The van der Waals surface area contributed by atoms with Gasteiger partial charge in [-0.3, -0.25) is 14.4 Å². The van der Waals surface area contributed by atoms with E-state index < -0.39 is 12.0 Å². The Morgan fingerprint density at radius 2 is 1.80 bits per heavy atom. The van der Waals surface area contributed by atoms with Crippen LogP contribution in [0.4, 0.5) is 0 Å². The highest BCUT2D eigenvalue weighted by Gasteiger charge is 2.32. The van der Waals surface area contributed by atoms with E-state index in [1.165, 1.54) is 0 Å². The van der Waals surface area contributed by atoms with E-state index in [4.69, 9.17) is 9.47 Å². The molecular weight excluding hydrogens is 508 g/mol. The summed E-state index contributed by atoms with van der Waals surface area (Å²) in [5.74, 6) is -1.34. The Bertz CT molecular complexity index is 1150. The molecule has 0 spiro atoms. The number of nitrogens with zero attached hydrogens (tertiary/aromatic N) is 1. The minimum Gasteiger partial charge on any atom is -0.463 e. The van der Waals surface area contributed by atoms with E-state index in [9.17, 15) is 19.5 Å². The third kappa shape index (κ3) is 8.76. The van der Waals surface area contributed by atoms with Crippen molar-refractivity contribution in [2.45, 2.75) is 70.2 Å². The quantitative estimate of drug-likeness (QED) is 0.404. The first kappa shape index (κ1) is 29.5. The van der Waals surface area contributed by atoms with Crippen molar-refractivity contribution in [3.05, 3.63) is 83.4 Å². The van der Waals surface area contributed by atoms with Gasteiger partial charge in [0.05, 0.1) is 37.8 Å². The van der Waals surface area contributed by atoms with Crippen molar-refractivity contribution >= 4 is 17.8 Å². The van der Waals surface area contributed by atoms with Gasteiger partial charge in [0.2, 0.25) is 11.8 Å². The van der Waals surface area contributed by atoms with E-state index in [1.807, 2.05) is 66.7 Å². The number of hydrogen-bond donors (Lipinski definition) is 2. The van der Waals surface area contributed by atoms with Gasteiger partial charge in [-0.2, -0.15) is 0 Å². The highest BCUT2D eigenvalue weighted by atomic mass is 16.5. The van der Waals surface area contributed by atoms with Crippen molar-refractivity contribution in [1.82, 2.24) is 10.2 Å². The average Bonchev–Trinajstić information content (AvgIpc) is 2.97. The number of hydrogen-bond acceptors (Lipinski definition) is 6. The number of carbonyl (C=O) groups excluding carboxylic acids is 3. The number of aliphatic hydroxyl groups is 1. The molecule has 8 nitrogen and oxygen atoms in total. The number of nitrogens with one attached hydrogen (secondary N) is 1. The number of allylic oxidation sites excluding steroid dienone is 2. The third-order valence-electron chi connectivity index (χ3n) is 7.49. The summed E-state index contributed by atoms with van der Waals surface area (Å²) in [6.45, 7) is 0.815. The van der Waals surface area contributed by atoms with Crippen molar-refractivity contribution < 1.29 is 29.0 Å². The van der Waals surface area contributed by atoms with Gasteiger partial charge >= 0.3 is 5.97 Å². The highest BCUT2D eigenvalue weighted by Crippen LogP contribution is 2.25. The van der Waals surface area contributed by atoms with Gasteiger partial charge in [0, 0.05) is 19.4 Å². The molecule has 40 heavy (non-hydrogen) atoms. The van der Waals surface area contributed by atoms with Crippen LogP contribution < -0.4 is 5.32 Å². The Morgan fingerprint density at radius 3 is 2.60 bits per heavy atom. The summed E-state index contributed by atoms with van der Waals surface area (Å²) in [6, 6.07) is 16.8. The third-order valence-corrected chi connectivity index (χ3v) is 7.49. The van der Waals surface area contributed by atoms with Crippen LogP contribution in [0.1, 0.15) is 55.2 Å². The fourth-order valence-corrected chi connectivity index (χ4v) is 5.17. The number of benzene rings is 2. The lowest BCUT2D eigenvalue weighted by Gasteiger charge is -2.36. The molecule has 0 aliphatic carbocycles. The van der Waals surface area contributed by atoms with Gasteiger partial charge in [-0.05, 0) is 48.8 Å². The smallest absolute Gasteiger partial charge is 0.305 e. The highest BCUT2D eigenvalue weighted by molar-refractivity contribution is 5.86. The molecule has 0 saturated carbocycles. The Morgan fingerprint density at radius 1 is 1.02 bits per heavy atom. The summed E-state index contributed by atoms with van der Waals surface area (Å²) in [4.78, 5) is 41.0. The molecule has 0 aromatic heterocycles. The number of cyclic esters (lactones) is 1. The molecule has 4 rings (SSSR count). The van der Waals surface area contributed by atoms with Gasteiger partial charge in [0.1, 0.15) is 6.61 Å². The zero-order valence-electron chi connectivity index (χ0n) is 23.0. The number of ether oxygens (including phenoxy) is 2. The fraction of sp³-hybridized carbons (Fsp3) is 0.469. The molecule has 2 amide bonds. The Labute approximate surface area is 236 Å². The molecule has 0 fully saturated rings. The Kier molecular flexibility index (Phi) is 11.3. The zero-order chi connectivity index (χ0) is 28.2. The Balaban J connectivity index is 1.44. The van der Waals surface area contributed by atoms with Gasteiger partial charge in [0.15, 0.2) is 0 Å². The minimum atomic E-state index is -0.601. The second-order valence-electron chi connectivity index (χ2n) is 10.6.